The third kappa shape index (κ3) is 3.35. The fourth-order valence-corrected chi connectivity index (χ4v) is 4.51. The highest BCUT2D eigenvalue weighted by molar-refractivity contribution is 9.09. The molecule has 0 radical (unpaired) electrons. The Kier molecular flexibility index (Phi) is 5.45. The minimum absolute atomic E-state index is 0.0970. The summed E-state index contributed by atoms with van der Waals surface area (Å²) >= 11 is 7.48. The van der Waals surface area contributed by atoms with Crippen LogP contribution in [0.25, 0.3) is 0 Å². The molecule has 0 amide bonds. The minimum atomic E-state index is 0.0970. The van der Waals surface area contributed by atoms with Gasteiger partial charge in [0.05, 0.1) is 0 Å². The summed E-state index contributed by atoms with van der Waals surface area (Å²) in [6.45, 7) is 4.36. The summed E-state index contributed by atoms with van der Waals surface area (Å²) in [7, 11) is 0. The summed E-state index contributed by atoms with van der Waals surface area (Å²) in [6, 6.07) is 17.5. The van der Waals surface area contributed by atoms with Crippen molar-refractivity contribution in [3.63, 3.8) is 0 Å². The van der Waals surface area contributed by atoms with Crippen molar-refractivity contribution in [2.24, 2.45) is 0 Å². The molecule has 2 aromatic rings. The lowest BCUT2D eigenvalue weighted by atomic mass is 9.78. The lowest BCUT2D eigenvalue weighted by molar-refractivity contribution is 0.549. The zero-order valence-corrected chi connectivity index (χ0v) is 15.2. The molecular weight excluding hydrogens is 376 g/mol. The van der Waals surface area contributed by atoms with Crippen molar-refractivity contribution in [1.82, 2.24) is 0 Å². The standard InChI is InChI=1S/C18H20Br2/c1-14-8-9-15(2)16(10-14)11-18(12-19,13-20)17-6-4-3-5-7-17/h3-10H,11-13H2,1-2H3. The smallest absolute Gasteiger partial charge is 0.0187 e. The van der Waals surface area contributed by atoms with Gasteiger partial charge in [-0.25, -0.2) is 0 Å². The first-order valence-electron chi connectivity index (χ1n) is 6.85. The third-order valence-corrected chi connectivity index (χ3v) is 6.08. The SMILES string of the molecule is Cc1ccc(C)c(CC(CBr)(CBr)c2ccccc2)c1. The lowest BCUT2D eigenvalue weighted by Gasteiger charge is -2.31. The summed E-state index contributed by atoms with van der Waals surface area (Å²) < 4.78 is 0. The van der Waals surface area contributed by atoms with Gasteiger partial charge < -0.3 is 0 Å². The van der Waals surface area contributed by atoms with Crippen LogP contribution in [0.5, 0.6) is 0 Å². The van der Waals surface area contributed by atoms with Crippen LogP contribution >= 0.6 is 31.9 Å². The van der Waals surface area contributed by atoms with Crippen molar-refractivity contribution in [3.05, 3.63) is 70.8 Å². The Hall–Kier alpha value is -0.600. The number of aryl methyl sites for hydroxylation is 2. The zero-order valence-electron chi connectivity index (χ0n) is 12.0. The normalized spacial score (nSPS) is 11.6. The molecule has 2 heteroatoms. The molecule has 20 heavy (non-hydrogen) atoms. The van der Waals surface area contributed by atoms with Crippen molar-refractivity contribution in [2.75, 3.05) is 10.7 Å². The molecule has 0 aliphatic carbocycles. The molecule has 2 rings (SSSR count). The monoisotopic (exact) mass is 394 g/mol. The fraction of sp³-hybridized carbons (Fsp3) is 0.333. The predicted molar refractivity (Wildman–Crippen MR) is 95.3 cm³/mol. The van der Waals surface area contributed by atoms with Crippen LogP contribution in [-0.4, -0.2) is 10.7 Å². The maximum Gasteiger partial charge on any atom is 0.0187 e. The molecule has 0 nitrogen and oxygen atoms in total. The second-order valence-electron chi connectivity index (χ2n) is 5.52. The van der Waals surface area contributed by atoms with Crippen molar-refractivity contribution >= 4 is 31.9 Å². The highest BCUT2D eigenvalue weighted by Crippen LogP contribution is 2.33. The van der Waals surface area contributed by atoms with E-state index in [2.05, 4.69) is 94.2 Å². The summed E-state index contributed by atoms with van der Waals surface area (Å²) in [4.78, 5) is 0. The summed E-state index contributed by atoms with van der Waals surface area (Å²) in [5.74, 6) is 0. The predicted octanol–water partition coefficient (Wildman–Crippen LogP) is 5.57. The minimum Gasteiger partial charge on any atom is -0.0918 e. The van der Waals surface area contributed by atoms with Gasteiger partial charge in [0.2, 0.25) is 0 Å². The van der Waals surface area contributed by atoms with Crippen molar-refractivity contribution < 1.29 is 0 Å². The average Bonchev–Trinajstić information content (AvgIpc) is 2.49. The van der Waals surface area contributed by atoms with Crippen LogP contribution in [0.1, 0.15) is 22.3 Å². The molecule has 0 atom stereocenters. The maximum absolute atomic E-state index is 3.74. The Labute approximate surface area is 138 Å². The summed E-state index contributed by atoms with van der Waals surface area (Å²) in [5, 5.41) is 1.89. The number of halogens is 2. The number of alkyl halides is 2. The zero-order chi connectivity index (χ0) is 14.6. The molecular formula is C18H20Br2. The molecule has 0 N–H and O–H groups in total. The molecule has 0 aromatic heterocycles. The Morgan fingerprint density at radius 3 is 2.15 bits per heavy atom. The number of rotatable bonds is 5. The second kappa shape index (κ2) is 6.91. The van der Waals surface area contributed by atoms with Gasteiger partial charge in [0.1, 0.15) is 0 Å². The van der Waals surface area contributed by atoms with Gasteiger partial charge >= 0.3 is 0 Å². The quantitative estimate of drug-likeness (QED) is 0.580. The van der Waals surface area contributed by atoms with Crippen LogP contribution in [0, 0.1) is 13.8 Å². The average molecular weight is 396 g/mol. The van der Waals surface area contributed by atoms with Crippen LogP contribution in [0.3, 0.4) is 0 Å². The van der Waals surface area contributed by atoms with Crippen LogP contribution in [0.15, 0.2) is 48.5 Å². The van der Waals surface area contributed by atoms with Gasteiger partial charge in [-0.3, -0.25) is 0 Å². The highest BCUT2D eigenvalue weighted by atomic mass is 79.9. The van der Waals surface area contributed by atoms with Gasteiger partial charge in [0.15, 0.2) is 0 Å². The van der Waals surface area contributed by atoms with E-state index in [1.165, 1.54) is 22.3 Å². The number of hydrogen-bond acceptors (Lipinski definition) is 0. The molecule has 0 spiro atoms. The van der Waals surface area contributed by atoms with E-state index in [4.69, 9.17) is 0 Å². The van der Waals surface area contributed by atoms with E-state index in [1.54, 1.807) is 0 Å². The molecule has 0 aliphatic heterocycles. The first-order valence-corrected chi connectivity index (χ1v) is 9.09. The van der Waals surface area contributed by atoms with Crippen LogP contribution in [-0.2, 0) is 11.8 Å². The Balaban J connectivity index is 2.42. The molecule has 0 aliphatic rings. The van der Waals surface area contributed by atoms with E-state index in [0.29, 0.717) is 0 Å². The first kappa shape index (κ1) is 15.8. The summed E-state index contributed by atoms with van der Waals surface area (Å²) in [5.41, 5.74) is 5.62. The van der Waals surface area contributed by atoms with E-state index < -0.39 is 0 Å². The lowest BCUT2D eigenvalue weighted by Crippen LogP contribution is -2.33. The molecule has 0 bridgehead atoms. The topological polar surface area (TPSA) is 0 Å². The summed E-state index contributed by atoms with van der Waals surface area (Å²) in [6.07, 6.45) is 1.04. The first-order chi connectivity index (χ1) is 9.61. The number of hydrogen-bond donors (Lipinski definition) is 0. The Bertz CT molecular complexity index is 557. The second-order valence-corrected chi connectivity index (χ2v) is 6.64. The fourth-order valence-electron chi connectivity index (χ4n) is 2.53. The largest absolute Gasteiger partial charge is 0.0918 e. The van der Waals surface area contributed by atoms with Gasteiger partial charge in [-0.2, -0.15) is 0 Å². The van der Waals surface area contributed by atoms with E-state index in [-0.39, 0.29) is 5.41 Å². The van der Waals surface area contributed by atoms with Crippen molar-refractivity contribution in [2.45, 2.75) is 25.7 Å². The van der Waals surface area contributed by atoms with E-state index >= 15 is 0 Å². The molecule has 106 valence electrons. The maximum atomic E-state index is 3.74. The van der Waals surface area contributed by atoms with E-state index in [0.717, 1.165) is 17.1 Å². The molecule has 0 saturated heterocycles. The molecule has 2 aromatic carbocycles. The van der Waals surface area contributed by atoms with E-state index in [1.807, 2.05) is 0 Å². The van der Waals surface area contributed by atoms with Gasteiger partial charge in [0, 0.05) is 16.1 Å². The Morgan fingerprint density at radius 1 is 0.900 bits per heavy atom. The van der Waals surface area contributed by atoms with Crippen LogP contribution in [0.2, 0.25) is 0 Å². The van der Waals surface area contributed by atoms with Crippen LogP contribution in [0.4, 0.5) is 0 Å². The van der Waals surface area contributed by atoms with Gasteiger partial charge in [0.25, 0.3) is 0 Å². The molecule has 0 unspecified atom stereocenters. The third-order valence-electron chi connectivity index (χ3n) is 3.93. The van der Waals surface area contributed by atoms with Gasteiger partial charge in [-0.15, -0.1) is 0 Å². The molecule has 0 fully saturated rings. The highest BCUT2D eigenvalue weighted by Gasteiger charge is 2.30. The van der Waals surface area contributed by atoms with Gasteiger partial charge in [-0.05, 0) is 37.0 Å². The van der Waals surface area contributed by atoms with Crippen molar-refractivity contribution in [1.29, 1.82) is 0 Å². The van der Waals surface area contributed by atoms with Crippen molar-refractivity contribution in [3.8, 4) is 0 Å². The van der Waals surface area contributed by atoms with Crippen LogP contribution < -0.4 is 0 Å². The van der Waals surface area contributed by atoms with E-state index in [9.17, 15) is 0 Å². The molecule has 0 heterocycles. The molecule has 0 saturated carbocycles. The van der Waals surface area contributed by atoms with Gasteiger partial charge in [-0.1, -0.05) is 86.0 Å². The number of benzene rings is 2. The Morgan fingerprint density at radius 2 is 1.55 bits per heavy atom.